The lowest BCUT2D eigenvalue weighted by Gasteiger charge is -2.27. The van der Waals surface area contributed by atoms with E-state index in [1.807, 2.05) is 48.5 Å². The van der Waals surface area contributed by atoms with Crippen LogP contribution in [0.5, 0.6) is 0 Å². The van der Waals surface area contributed by atoms with Gasteiger partial charge in [0.05, 0.1) is 18.1 Å². The second-order valence-electron chi connectivity index (χ2n) is 7.76. The van der Waals surface area contributed by atoms with E-state index >= 15 is 0 Å². The van der Waals surface area contributed by atoms with Gasteiger partial charge in [-0.1, -0.05) is 54.6 Å². The number of amides is 1. The Bertz CT molecular complexity index is 1170. The van der Waals surface area contributed by atoms with Crippen LogP contribution in [0.25, 0.3) is 11.1 Å². The minimum atomic E-state index is -3.67. The number of hydrogen-bond acceptors (Lipinski definition) is 4. The first-order valence-corrected chi connectivity index (χ1v) is 12.0. The summed E-state index contributed by atoms with van der Waals surface area (Å²) in [4.78, 5) is 14.7. The van der Waals surface area contributed by atoms with Crippen LogP contribution in [0.15, 0.2) is 83.8 Å². The Kier molecular flexibility index (Phi) is 6.69. The molecule has 1 aliphatic heterocycles. The van der Waals surface area contributed by atoms with Gasteiger partial charge < -0.3 is 9.64 Å². The van der Waals surface area contributed by atoms with Gasteiger partial charge in [0.25, 0.3) is 5.91 Å². The van der Waals surface area contributed by atoms with Crippen molar-refractivity contribution >= 4 is 15.9 Å². The molecule has 3 aromatic rings. The Labute approximate surface area is 189 Å². The molecule has 1 aliphatic rings. The second-order valence-corrected chi connectivity index (χ2v) is 9.80. The van der Waals surface area contributed by atoms with Gasteiger partial charge in [0.2, 0.25) is 10.0 Å². The van der Waals surface area contributed by atoms with E-state index < -0.39 is 10.0 Å². The van der Waals surface area contributed by atoms with Crippen molar-refractivity contribution < 1.29 is 17.9 Å². The molecule has 0 N–H and O–H groups in total. The van der Waals surface area contributed by atoms with Gasteiger partial charge >= 0.3 is 0 Å². The molecule has 32 heavy (non-hydrogen) atoms. The molecule has 1 amide bonds. The summed E-state index contributed by atoms with van der Waals surface area (Å²) in [6, 6.07) is 23.9. The standard InChI is InChI=1S/C25H26N2O4S/c1-26(19-20-6-5-9-23(18-20)25(28)27-14-16-31-17-15-27)32(29,30)24-12-10-22(11-13-24)21-7-3-2-4-8-21/h2-13,18H,14-17,19H2,1H3. The zero-order valence-electron chi connectivity index (χ0n) is 18.0. The number of benzene rings is 3. The summed E-state index contributed by atoms with van der Waals surface area (Å²) in [5, 5.41) is 0. The number of sulfonamides is 1. The molecule has 7 heteroatoms. The minimum Gasteiger partial charge on any atom is -0.378 e. The minimum absolute atomic E-state index is 0.0582. The Morgan fingerprint density at radius 2 is 1.56 bits per heavy atom. The van der Waals surface area contributed by atoms with Crippen LogP contribution in [0.3, 0.4) is 0 Å². The third kappa shape index (κ3) is 4.91. The van der Waals surface area contributed by atoms with Crippen LogP contribution in [-0.2, 0) is 21.3 Å². The van der Waals surface area contributed by atoms with Crippen molar-refractivity contribution in [3.05, 3.63) is 90.0 Å². The number of morpholine rings is 1. The van der Waals surface area contributed by atoms with Crippen LogP contribution < -0.4 is 0 Å². The fraction of sp³-hybridized carbons (Fsp3) is 0.240. The van der Waals surface area contributed by atoms with Crippen molar-refractivity contribution in [3.8, 4) is 11.1 Å². The zero-order valence-corrected chi connectivity index (χ0v) is 18.8. The molecule has 0 aromatic heterocycles. The summed E-state index contributed by atoms with van der Waals surface area (Å²) in [6.07, 6.45) is 0. The molecule has 4 rings (SSSR count). The predicted octanol–water partition coefficient (Wildman–Crippen LogP) is 3.65. The highest BCUT2D eigenvalue weighted by Gasteiger charge is 2.22. The molecule has 1 heterocycles. The van der Waals surface area contributed by atoms with Crippen molar-refractivity contribution in [1.29, 1.82) is 0 Å². The van der Waals surface area contributed by atoms with Crippen molar-refractivity contribution in [2.45, 2.75) is 11.4 Å². The van der Waals surface area contributed by atoms with Gasteiger partial charge in [0.1, 0.15) is 0 Å². The SMILES string of the molecule is CN(Cc1cccc(C(=O)N2CCOCC2)c1)S(=O)(=O)c1ccc(-c2ccccc2)cc1. The van der Waals surface area contributed by atoms with E-state index in [-0.39, 0.29) is 17.3 Å². The van der Waals surface area contributed by atoms with E-state index in [1.165, 1.54) is 4.31 Å². The molecule has 6 nitrogen and oxygen atoms in total. The summed E-state index contributed by atoms with van der Waals surface area (Å²) in [7, 11) is -2.12. The fourth-order valence-electron chi connectivity index (χ4n) is 3.72. The van der Waals surface area contributed by atoms with Crippen LogP contribution in [-0.4, -0.2) is 56.9 Å². The summed E-state index contributed by atoms with van der Waals surface area (Å²) >= 11 is 0. The maximum atomic E-state index is 13.1. The Morgan fingerprint density at radius 3 is 2.25 bits per heavy atom. The lowest BCUT2D eigenvalue weighted by molar-refractivity contribution is 0.0303. The monoisotopic (exact) mass is 450 g/mol. The average Bonchev–Trinajstić information content (AvgIpc) is 2.85. The lowest BCUT2D eigenvalue weighted by atomic mass is 10.1. The number of hydrogen-bond donors (Lipinski definition) is 0. The number of nitrogens with zero attached hydrogens (tertiary/aromatic N) is 2. The zero-order chi connectivity index (χ0) is 22.6. The van der Waals surface area contributed by atoms with Crippen LogP contribution in [0.4, 0.5) is 0 Å². The normalized spacial score (nSPS) is 14.5. The number of ether oxygens (including phenoxy) is 1. The quantitative estimate of drug-likeness (QED) is 0.575. The molecular formula is C25H26N2O4S. The summed E-state index contributed by atoms with van der Waals surface area (Å²) in [6.45, 7) is 2.38. The number of carbonyl (C=O) groups is 1. The van der Waals surface area contributed by atoms with E-state index in [9.17, 15) is 13.2 Å². The van der Waals surface area contributed by atoms with Gasteiger partial charge in [0, 0.05) is 32.2 Å². The van der Waals surface area contributed by atoms with Crippen molar-refractivity contribution in [3.63, 3.8) is 0 Å². The molecule has 0 aliphatic carbocycles. The van der Waals surface area contributed by atoms with Crippen LogP contribution in [0.1, 0.15) is 15.9 Å². The summed E-state index contributed by atoms with van der Waals surface area (Å²) in [5.74, 6) is -0.0582. The molecule has 1 fully saturated rings. The Morgan fingerprint density at radius 1 is 0.906 bits per heavy atom. The van der Waals surface area contributed by atoms with Crippen molar-refractivity contribution in [2.24, 2.45) is 0 Å². The highest BCUT2D eigenvalue weighted by atomic mass is 32.2. The van der Waals surface area contributed by atoms with Gasteiger partial charge in [-0.25, -0.2) is 8.42 Å². The van der Waals surface area contributed by atoms with Gasteiger partial charge in [-0.05, 0) is 41.0 Å². The molecule has 0 unspecified atom stereocenters. The molecular weight excluding hydrogens is 424 g/mol. The third-order valence-electron chi connectivity index (χ3n) is 5.55. The highest BCUT2D eigenvalue weighted by Crippen LogP contribution is 2.23. The topological polar surface area (TPSA) is 66.9 Å². The average molecular weight is 451 g/mol. The summed E-state index contributed by atoms with van der Waals surface area (Å²) in [5.41, 5.74) is 3.31. The van der Waals surface area contributed by atoms with E-state index in [4.69, 9.17) is 4.74 Å². The van der Waals surface area contributed by atoms with Gasteiger partial charge in [-0.2, -0.15) is 4.31 Å². The first-order valence-electron chi connectivity index (χ1n) is 10.5. The van der Waals surface area contributed by atoms with Crippen LogP contribution in [0, 0.1) is 0 Å². The predicted molar refractivity (Wildman–Crippen MR) is 124 cm³/mol. The van der Waals surface area contributed by atoms with Crippen molar-refractivity contribution in [2.75, 3.05) is 33.4 Å². The molecule has 0 atom stereocenters. The van der Waals surface area contributed by atoms with E-state index in [1.54, 1.807) is 42.3 Å². The largest absolute Gasteiger partial charge is 0.378 e. The van der Waals surface area contributed by atoms with E-state index in [2.05, 4.69) is 0 Å². The molecule has 0 bridgehead atoms. The first-order chi connectivity index (χ1) is 15.4. The molecule has 0 spiro atoms. The molecule has 0 radical (unpaired) electrons. The lowest BCUT2D eigenvalue weighted by Crippen LogP contribution is -2.40. The molecule has 166 valence electrons. The number of carbonyl (C=O) groups excluding carboxylic acids is 1. The third-order valence-corrected chi connectivity index (χ3v) is 7.36. The van der Waals surface area contributed by atoms with Gasteiger partial charge in [-0.3, -0.25) is 4.79 Å². The van der Waals surface area contributed by atoms with Crippen LogP contribution in [0.2, 0.25) is 0 Å². The smallest absolute Gasteiger partial charge is 0.254 e. The number of rotatable bonds is 6. The Hall–Kier alpha value is -3.00. The van der Waals surface area contributed by atoms with E-state index in [0.29, 0.717) is 31.9 Å². The van der Waals surface area contributed by atoms with Gasteiger partial charge in [-0.15, -0.1) is 0 Å². The van der Waals surface area contributed by atoms with Crippen LogP contribution >= 0.6 is 0 Å². The maximum absolute atomic E-state index is 13.1. The second kappa shape index (κ2) is 9.65. The van der Waals surface area contributed by atoms with E-state index in [0.717, 1.165) is 16.7 Å². The first kappa shape index (κ1) is 22.2. The van der Waals surface area contributed by atoms with Crippen molar-refractivity contribution in [1.82, 2.24) is 9.21 Å². The fourth-order valence-corrected chi connectivity index (χ4v) is 4.88. The summed E-state index contributed by atoms with van der Waals surface area (Å²) < 4.78 is 32.8. The van der Waals surface area contributed by atoms with Gasteiger partial charge in [0.15, 0.2) is 0 Å². The molecule has 1 saturated heterocycles. The molecule has 3 aromatic carbocycles. The highest BCUT2D eigenvalue weighted by molar-refractivity contribution is 7.89. The maximum Gasteiger partial charge on any atom is 0.254 e. The molecule has 0 saturated carbocycles. The Balaban J connectivity index is 1.48.